The summed E-state index contributed by atoms with van der Waals surface area (Å²) in [5.41, 5.74) is 2.17. The molecule has 0 saturated carbocycles. The van der Waals surface area contributed by atoms with Gasteiger partial charge < -0.3 is 9.67 Å². The first-order valence-corrected chi connectivity index (χ1v) is 8.93. The van der Waals surface area contributed by atoms with Gasteiger partial charge in [-0.3, -0.25) is 4.79 Å². The number of hydrogen-bond donors (Lipinski definition) is 0. The van der Waals surface area contributed by atoms with E-state index in [2.05, 4.69) is 10.1 Å². The molecule has 0 spiro atoms. The van der Waals surface area contributed by atoms with Crippen LogP contribution in [0.25, 0.3) is 26.6 Å². The predicted molar refractivity (Wildman–Crippen MR) is 96.6 cm³/mol. The molecule has 0 amide bonds. The number of rotatable bonds is 3. The van der Waals surface area contributed by atoms with Gasteiger partial charge in [0.15, 0.2) is 0 Å². The van der Waals surface area contributed by atoms with Crippen LogP contribution in [0.3, 0.4) is 0 Å². The van der Waals surface area contributed by atoms with E-state index >= 15 is 0 Å². The number of hydrogen-bond acceptors (Lipinski definition) is 5. The Kier molecular flexibility index (Phi) is 5.25. The van der Waals surface area contributed by atoms with Gasteiger partial charge in [0.1, 0.15) is 0 Å². The molecule has 0 aliphatic carbocycles. The Labute approximate surface area is 176 Å². The van der Waals surface area contributed by atoms with Gasteiger partial charge >= 0.3 is 29.6 Å². The fraction of sp³-hybridized carbons (Fsp3) is 0.278. The molecule has 0 N–H and O–H groups in total. The summed E-state index contributed by atoms with van der Waals surface area (Å²) in [5, 5.41) is 17.3. The van der Waals surface area contributed by atoms with E-state index in [0.29, 0.717) is 34.5 Å². The van der Waals surface area contributed by atoms with Crippen LogP contribution in [0.1, 0.15) is 19.5 Å². The van der Waals surface area contributed by atoms with Crippen molar-refractivity contribution in [3.63, 3.8) is 0 Å². The number of pyridine rings is 1. The fourth-order valence-corrected chi connectivity index (χ4v) is 3.94. The van der Waals surface area contributed by atoms with Crippen molar-refractivity contribution >= 4 is 21.6 Å². The van der Waals surface area contributed by atoms with E-state index in [1.807, 2.05) is 38.1 Å². The van der Waals surface area contributed by atoms with Gasteiger partial charge in [0.05, 0.1) is 21.5 Å². The first kappa shape index (κ1) is 19.1. The summed E-state index contributed by atoms with van der Waals surface area (Å²) in [6.45, 7) is 6.46. The van der Waals surface area contributed by atoms with E-state index in [0.717, 1.165) is 10.2 Å². The van der Waals surface area contributed by atoms with Crippen molar-refractivity contribution in [3.05, 3.63) is 46.4 Å². The van der Waals surface area contributed by atoms with E-state index in [1.54, 1.807) is 11.5 Å². The molecule has 3 heterocycles. The fourth-order valence-electron chi connectivity index (χ4n) is 3.03. The van der Waals surface area contributed by atoms with Crippen molar-refractivity contribution in [1.82, 2.24) is 19.3 Å². The molecule has 4 rings (SSSR count). The molecular weight excluding hydrogens is 359 g/mol. The smallest absolute Gasteiger partial charge is 0.860 e. The second kappa shape index (κ2) is 7.15. The SMILES string of the molecule is Cc1c2c(=O)n(-c3nc4ccccc4s3)nc-2cc([O-])n1CC(C)C.[Na+]. The molecule has 0 fully saturated rings. The van der Waals surface area contributed by atoms with Gasteiger partial charge in [-0.05, 0) is 36.9 Å². The molecule has 1 aromatic heterocycles. The van der Waals surface area contributed by atoms with E-state index in [1.165, 1.54) is 22.1 Å². The van der Waals surface area contributed by atoms with Crippen LogP contribution in [0, 0.1) is 12.8 Å². The van der Waals surface area contributed by atoms with Crippen molar-refractivity contribution in [1.29, 1.82) is 0 Å². The molecule has 0 bridgehead atoms. The maximum absolute atomic E-state index is 12.9. The quantitative estimate of drug-likeness (QED) is 0.464. The summed E-state index contributed by atoms with van der Waals surface area (Å²) in [6, 6.07) is 9.15. The third-order valence-corrected chi connectivity index (χ3v) is 5.19. The van der Waals surface area contributed by atoms with Crippen molar-refractivity contribution in [2.24, 2.45) is 5.92 Å². The minimum atomic E-state index is -0.232. The summed E-state index contributed by atoms with van der Waals surface area (Å²) >= 11 is 1.41. The number of benzene rings is 1. The van der Waals surface area contributed by atoms with Crippen molar-refractivity contribution in [3.8, 4) is 22.3 Å². The van der Waals surface area contributed by atoms with E-state index in [9.17, 15) is 9.90 Å². The first-order valence-electron chi connectivity index (χ1n) is 8.12. The molecule has 2 aliphatic heterocycles. The zero-order valence-electron chi connectivity index (χ0n) is 15.2. The third kappa shape index (κ3) is 3.09. The van der Waals surface area contributed by atoms with Crippen molar-refractivity contribution in [2.45, 2.75) is 27.3 Å². The Morgan fingerprint density at radius 1 is 1.27 bits per heavy atom. The van der Waals surface area contributed by atoms with Crippen LogP contribution in [0.5, 0.6) is 5.88 Å². The largest absolute Gasteiger partial charge is 1.00 e. The van der Waals surface area contributed by atoms with Gasteiger partial charge in [-0.15, -0.1) is 0 Å². The molecule has 0 saturated heterocycles. The summed E-state index contributed by atoms with van der Waals surface area (Å²) in [5.74, 6) is 0.177. The van der Waals surface area contributed by atoms with E-state index < -0.39 is 0 Å². The number of fused-ring (bicyclic) bond motifs is 2. The summed E-state index contributed by atoms with van der Waals surface area (Å²) < 4.78 is 3.95. The Morgan fingerprint density at radius 2 is 2.00 bits per heavy atom. The molecule has 8 heteroatoms. The van der Waals surface area contributed by atoms with Crippen LogP contribution in [0.15, 0.2) is 35.1 Å². The summed E-state index contributed by atoms with van der Waals surface area (Å²) in [4.78, 5) is 17.4. The standard InChI is InChI=1S/C18H18N4O2S.Na/c1-10(2)9-21-11(3)16-13(8-15(21)23)20-22(17(16)24)18-19-12-6-4-5-7-14(12)25-18;/h4-8,10,23H,9H2,1-3H3;/q;+1/p-1. The molecule has 1 aromatic carbocycles. The molecule has 128 valence electrons. The van der Waals surface area contributed by atoms with Crippen molar-refractivity contribution < 1.29 is 34.7 Å². The van der Waals surface area contributed by atoms with Gasteiger partial charge in [-0.2, -0.15) is 9.78 Å². The predicted octanol–water partition coefficient (Wildman–Crippen LogP) is -0.209. The molecule has 0 unspecified atom stereocenters. The molecule has 2 aromatic rings. The molecule has 26 heavy (non-hydrogen) atoms. The molecule has 0 radical (unpaired) electrons. The van der Waals surface area contributed by atoms with Crippen molar-refractivity contribution in [2.75, 3.05) is 0 Å². The molecule has 6 nitrogen and oxygen atoms in total. The van der Waals surface area contributed by atoms with Crippen LogP contribution in [0.4, 0.5) is 0 Å². The average Bonchev–Trinajstić information content (AvgIpc) is 3.12. The number of thiazole rings is 1. The maximum atomic E-state index is 12.9. The van der Waals surface area contributed by atoms with Gasteiger partial charge in [-0.25, -0.2) is 4.98 Å². The molecule has 2 aliphatic rings. The van der Waals surface area contributed by atoms with Crippen LogP contribution >= 0.6 is 11.3 Å². The topological polar surface area (TPSA) is 75.8 Å². The number of nitrogens with zero attached hydrogens (tertiary/aromatic N) is 4. The molecular formula is C18H17N4NaO2S. The van der Waals surface area contributed by atoms with Crippen LogP contribution in [0.2, 0.25) is 0 Å². The van der Waals surface area contributed by atoms with Crippen LogP contribution in [-0.2, 0) is 6.54 Å². The van der Waals surface area contributed by atoms with Gasteiger partial charge in [0, 0.05) is 12.2 Å². The third-order valence-electron chi connectivity index (χ3n) is 4.17. The van der Waals surface area contributed by atoms with Gasteiger partial charge in [0.2, 0.25) is 5.13 Å². The normalized spacial score (nSPS) is 11.4. The van der Waals surface area contributed by atoms with Crippen LogP contribution in [-0.4, -0.2) is 19.3 Å². The average molecular weight is 376 g/mol. The Bertz CT molecular complexity index is 1080. The number of aromatic nitrogens is 4. The monoisotopic (exact) mass is 376 g/mol. The second-order valence-corrected chi connectivity index (χ2v) is 7.52. The second-order valence-electron chi connectivity index (χ2n) is 6.51. The Balaban J connectivity index is 0.00000196. The first-order chi connectivity index (χ1) is 12.0. The Morgan fingerprint density at radius 3 is 2.69 bits per heavy atom. The van der Waals surface area contributed by atoms with Gasteiger partial charge in [-0.1, -0.05) is 37.3 Å². The molecule has 0 atom stereocenters. The van der Waals surface area contributed by atoms with E-state index in [4.69, 9.17) is 0 Å². The minimum Gasteiger partial charge on any atom is -0.860 e. The zero-order chi connectivity index (χ0) is 17.7. The zero-order valence-corrected chi connectivity index (χ0v) is 18.0. The summed E-state index contributed by atoms with van der Waals surface area (Å²) in [7, 11) is 0. The Hall–Kier alpha value is -1.67. The summed E-state index contributed by atoms with van der Waals surface area (Å²) in [6.07, 6.45) is 0. The maximum Gasteiger partial charge on any atom is 1.00 e. The van der Waals surface area contributed by atoms with Crippen LogP contribution < -0.4 is 40.2 Å². The van der Waals surface area contributed by atoms with Gasteiger partial charge in [0.25, 0.3) is 5.56 Å². The minimum absolute atomic E-state index is 0. The van der Waals surface area contributed by atoms with E-state index in [-0.39, 0.29) is 41.0 Å². The number of para-hydroxylation sites is 1.